The summed E-state index contributed by atoms with van der Waals surface area (Å²) < 4.78 is 7.33. The molecule has 0 radical (unpaired) electrons. The summed E-state index contributed by atoms with van der Waals surface area (Å²) in [5.74, 6) is 1.82. The number of aryl methyl sites for hydroxylation is 1. The molecule has 0 saturated heterocycles. The van der Waals surface area contributed by atoms with Crippen molar-refractivity contribution in [2.24, 2.45) is 0 Å². The molecule has 1 amide bonds. The van der Waals surface area contributed by atoms with E-state index in [1.54, 1.807) is 7.11 Å². The zero-order chi connectivity index (χ0) is 19.1. The topological polar surface area (TPSA) is 69.0 Å². The summed E-state index contributed by atoms with van der Waals surface area (Å²) in [5, 5.41) is 12.0. The van der Waals surface area contributed by atoms with Gasteiger partial charge in [-0.3, -0.25) is 4.79 Å². The molecule has 0 fully saturated rings. The lowest BCUT2D eigenvalue weighted by Crippen LogP contribution is -2.25. The van der Waals surface area contributed by atoms with E-state index in [-0.39, 0.29) is 11.7 Å². The van der Waals surface area contributed by atoms with Gasteiger partial charge in [0.25, 0.3) is 0 Å². The molecule has 3 rings (SSSR count). The molecule has 3 aromatic rings. The number of methoxy groups -OCH3 is 1. The van der Waals surface area contributed by atoms with Crippen molar-refractivity contribution in [3.8, 4) is 5.75 Å². The van der Waals surface area contributed by atoms with E-state index in [0.29, 0.717) is 13.1 Å². The van der Waals surface area contributed by atoms with Crippen molar-refractivity contribution >= 4 is 17.7 Å². The third kappa shape index (κ3) is 5.10. The Hall–Kier alpha value is -2.80. The van der Waals surface area contributed by atoms with Crippen LogP contribution in [-0.2, 0) is 17.9 Å². The van der Waals surface area contributed by atoms with Crippen LogP contribution in [0.1, 0.15) is 17.0 Å². The zero-order valence-corrected chi connectivity index (χ0v) is 16.2. The van der Waals surface area contributed by atoms with Gasteiger partial charge >= 0.3 is 0 Å². The van der Waals surface area contributed by atoms with Gasteiger partial charge in [0, 0.05) is 12.1 Å². The molecule has 6 nitrogen and oxygen atoms in total. The molecule has 7 heteroatoms. The van der Waals surface area contributed by atoms with Crippen LogP contribution in [0.3, 0.4) is 0 Å². The van der Waals surface area contributed by atoms with Crippen molar-refractivity contribution in [3.63, 3.8) is 0 Å². The van der Waals surface area contributed by atoms with Crippen molar-refractivity contribution in [2.75, 3.05) is 12.9 Å². The van der Waals surface area contributed by atoms with E-state index >= 15 is 0 Å². The Morgan fingerprint density at radius 2 is 1.85 bits per heavy atom. The summed E-state index contributed by atoms with van der Waals surface area (Å²) in [6.45, 7) is 3.03. The molecule has 27 heavy (non-hydrogen) atoms. The van der Waals surface area contributed by atoms with E-state index in [4.69, 9.17) is 4.74 Å². The summed E-state index contributed by atoms with van der Waals surface area (Å²) >= 11 is 1.39. The second-order valence-corrected chi connectivity index (χ2v) is 6.92. The fourth-order valence-electron chi connectivity index (χ4n) is 2.64. The largest absolute Gasteiger partial charge is 0.496 e. The van der Waals surface area contributed by atoms with Crippen LogP contribution in [0.15, 0.2) is 59.8 Å². The maximum absolute atomic E-state index is 12.2. The smallest absolute Gasteiger partial charge is 0.230 e. The Bertz CT molecular complexity index is 896. The highest BCUT2D eigenvalue weighted by molar-refractivity contribution is 7.99. The van der Waals surface area contributed by atoms with Gasteiger partial charge in [-0.2, -0.15) is 0 Å². The van der Waals surface area contributed by atoms with Gasteiger partial charge < -0.3 is 14.6 Å². The summed E-state index contributed by atoms with van der Waals surface area (Å²) in [6.07, 6.45) is 0. The Balaban J connectivity index is 1.56. The van der Waals surface area contributed by atoms with Gasteiger partial charge in [-0.1, -0.05) is 60.3 Å². The van der Waals surface area contributed by atoms with Gasteiger partial charge in [0.1, 0.15) is 11.6 Å². The average molecular weight is 382 g/mol. The van der Waals surface area contributed by atoms with Gasteiger partial charge in [0.15, 0.2) is 5.16 Å². The minimum Gasteiger partial charge on any atom is -0.496 e. The van der Waals surface area contributed by atoms with Crippen LogP contribution in [0.4, 0.5) is 0 Å². The SMILES string of the molecule is COc1ccccc1CNC(=O)CSc1nnc(C)n1Cc1ccccc1. The van der Waals surface area contributed by atoms with Crippen molar-refractivity contribution < 1.29 is 9.53 Å². The van der Waals surface area contributed by atoms with Gasteiger partial charge in [0.2, 0.25) is 5.91 Å². The molecule has 0 atom stereocenters. The third-order valence-electron chi connectivity index (χ3n) is 4.09. The van der Waals surface area contributed by atoms with E-state index in [1.165, 1.54) is 17.3 Å². The first kappa shape index (κ1) is 19.0. The van der Waals surface area contributed by atoms with Gasteiger partial charge in [-0.05, 0) is 18.6 Å². The molecule has 0 spiro atoms. The normalized spacial score (nSPS) is 10.6. The number of nitrogens with one attached hydrogen (secondary N) is 1. The Kier molecular flexibility index (Phi) is 6.49. The molecule has 0 aliphatic rings. The first-order chi connectivity index (χ1) is 13.2. The lowest BCUT2D eigenvalue weighted by molar-refractivity contribution is -0.118. The standard InChI is InChI=1S/C20H22N4O2S/c1-15-22-23-20(24(15)13-16-8-4-3-5-9-16)27-14-19(25)21-12-17-10-6-7-11-18(17)26-2/h3-11H,12-14H2,1-2H3,(H,21,25). The van der Waals surface area contributed by atoms with Crippen molar-refractivity contribution in [2.45, 2.75) is 25.2 Å². The number of nitrogens with zero attached hydrogens (tertiary/aromatic N) is 3. The lowest BCUT2D eigenvalue weighted by atomic mass is 10.2. The van der Waals surface area contributed by atoms with Crippen LogP contribution in [0.25, 0.3) is 0 Å². The average Bonchev–Trinajstić information content (AvgIpc) is 3.05. The maximum Gasteiger partial charge on any atom is 0.230 e. The molecule has 140 valence electrons. The lowest BCUT2D eigenvalue weighted by Gasteiger charge is -2.10. The first-order valence-electron chi connectivity index (χ1n) is 8.62. The monoisotopic (exact) mass is 382 g/mol. The zero-order valence-electron chi connectivity index (χ0n) is 15.4. The van der Waals surface area contributed by atoms with Crippen molar-refractivity contribution in [1.29, 1.82) is 0 Å². The van der Waals surface area contributed by atoms with E-state index in [1.807, 2.05) is 54.0 Å². The second kappa shape index (κ2) is 9.23. The van der Waals surface area contributed by atoms with Crippen LogP contribution in [0.5, 0.6) is 5.75 Å². The Morgan fingerprint density at radius 3 is 2.63 bits per heavy atom. The molecule has 0 unspecified atom stereocenters. The quantitative estimate of drug-likeness (QED) is 0.607. The van der Waals surface area contributed by atoms with E-state index in [0.717, 1.165) is 22.3 Å². The van der Waals surface area contributed by atoms with Gasteiger partial charge in [-0.25, -0.2) is 0 Å². The number of aromatic nitrogens is 3. The highest BCUT2D eigenvalue weighted by Gasteiger charge is 2.12. The van der Waals surface area contributed by atoms with Crippen molar-refractivity contribution in [1.82, 2.24) is 20.1 Å². The molecule has 0 bridgehead atoms. The molecule has 1 aromatic heterocycles. The number of para-hydroxylation sites is 1. The van der Waals surface area contributed by atoms with E-state index in [9.17, 15) is 4.79 Å². The summed E-state index contributed by atoms with van der Waals surface area (Å²) in [6, 6.07) is 17.8. The number of hydrogen-bond acceptors (Lipinski definition) is 5. The predicted molar refractivity (Wildman–Crippen MR) is 106 cm³/mol. The Labute approximate surface area is 163 Å². The van der Waals surface area contributed by atoms with Gasteiger partial charge in [-0.15, -0.1) is 10.2 Å². The third-order valence-corrected chi connectivity index (χ3v) is 5.05. The summed E-state index contributed by atoms with van der Waals surface area (Å²) in [4.78, 5) is 12.2. The molecule has 2 aromatic carbocycles. The predicted octanol–water partition coefficient (Wildman–Crippen LogP) is 3.05. The van der Waals surface area contributed by atoms with Crippen LogP contribution in [0, 0.1) is 6.92 Å². The van der Waals surface area contributed by atoms with Crippen LogP contribution in [-0.4, -0.2) is 33.5 Å². The van der Waals surface area contributed by atoms with Crippen LogP contribution >= 0.6 is 11.8 Å². The Morgan fingerprint density at radius 1 is 1.11 bits per heavy atom. The molecule has 1 N–H and O–H groups in total. The number of rotatable bonds is 8. The number of benzene rings is 2. The molecule has 1 heterocycles. The highest BCUT2D eigenvalue weighted by Crippen LogP contribution is 2.19. The van der Waals surface area contributed by atoms with E-state index < -0.39 is 0 Å². The van der Waals surface area contributed by atoms with Crippen LogP contribution in [0.2, 0.25) is 0 Å². The van der Waals surface area contributed by atoms with Gasteiger partial charge in [0.05, 0.1) is 19.4 Å². The molecule has 0 aliphatic carbocycles. The molecular formula is C20H22N4O2S. The minimum absolute atomic E-state index is 0.0576. The number of thioether (sulfide) groups is 1. The first-order valence-corrected chi connectivity index (χ1v) is 9.61. The molecule has 0 saturated carbocycles. The number of ether oxygens (including phenoxy) is 1. The molecular weight excluding hydrogens is 360 g/mol. The summed E-state index contributed by atoms with van der Waals surface area (Å²) in [7, 11) is 1.62. The minimum atomic E-state index is -0.0576. The number of carbonyl (C=O) groups is 1. The fourth-order valence-corrected chi connectivity index (χ4v) is 3.45. The molecule has 0 aliphatic heterocycles. The van der Waals surface area contributed by atoms with Crippen molar-refractivity contribution in [3.05, 3.63) is 71.5 Å². The van der Waals surface area contributed by atoms with E-state index in [2.05, 4.69) is 27.6 Å². The fraction of sp³-hybridized carbons (Fsp3) is 0.250. The second-order valence-electron chi connectivity index (χ2n) is 5.98. The number of amides is 1. The summed E-state index contributed by atoms with van der Waals surface area (Å²) in [5.41, 5.74) is 2.12. The highest BCUT2D eigenvalue weighted by atomic mass is 32.2. The number of carbonyl (C=O) groups excluding carboxylic acids is 1. The maximum atomic E-state index is 12.2. The van der Waals surface area contributed by atoms with Crippen LogP contribution < -0.4 is 10.1 Å². The number of hydrogen-bond donors (Lipinski definition) is 1.